The van der Waals surface area contributed by atoms with E-state index < -0.39 is 0 Å². The molecule has 5 heteroatoms. The molecule has 0 saturated carbocycles. The normalized spacial score (nSPS) is 12.3. The Balaban J connectivity index is 1.82. The fourth-order valence-electron chi connectivity index (χ4n) is 2.92. The summed E-state index contributed by atoms with van der Waals surface area (Å²) in [6.45, 7) is 3.95. The van der Waals surface area contributed by atoms with Gasteiger partial charge in [0.05, 0.1) is 12.3 Å². The third-order valence-corrected chi connectivity index (χ3v) is 4.55. The zero-order valence-corrected chi connectivity index (χ0v) is 16.5. The minimum Gasteiger partial charge on any atom is -0.465 e. The molecule has 0 spiro atoms. The molecule has 0 aliphatic rings. The fraction of sp³-hybridized carbons (Fsp3) is 0.167. The van der Waals surface area contributed by atoms with Gasteiger partial charge in [-0.25, -0.2) is 0 Å². The number of nitrogens with one attached hydrogen (secondary N) is 2. The Morgan fingerprint density at radius 3 is 2.34 bits per heavy atom. The van der Waals surface area contributed by atoms with E-state index in [4.69, 9.17) is 4.42 Å². The summed E-state index contributed by atoms with van der Waals surface area (Å²) >= 11 is 0. The lowest BCUT2D eigenvalue weighted by Gasteiger charge is -2.19. The summed E-state index contributed by atoms with van der Waals surface area (Å²) in [4.78, 5) is 25.7. The number of rotatable bonds is 7. The van der Waals surface area contributed by atoms with Crippen molar-refractivity contribution in [2.45, 2.75) is 26.3 Å². The largest absolute Gasteiger partial charge is 0.465 e. The van der Waals surface area contributed by atoms with Crippen LogP contribution in [0.25, 0.3) is 6.08 Å². The van der Waals surface area contributed by atoms with Crippen LogP contribution in [0.5, 0.6) is 0 Å². The summed E-state index contributed by atoms with van der Waals surface area (Å²) in [5.41, 5.74) is 2.66. The number of carbonyl (C=O) groups is 2. The highest BCUT2D eigenvalue weighted by Gasteiger charge is 2.19. The average molecular weight is 388 g/mol. The molecule has 2 aromatic carbocycles. The van der Waals surface area contributed by atoms with Gasteiger partial charge in [0.15, 0.2) is 0 Å². The standard InChI is InChI=1S/C24H24N2O3/c1-3-21(18-8-5-4-6-9-18)25-24(28)22(16-20-10-7-15-29-20)26-23(27)19-13-11-17(2)12-14-19/h4-16,21H,3H2,1-2H3,(H,25,28)(H,26,27)/b22-16-/t21-/m0/s1. The van der Waals surface area contributed by atoms with Crippen LogP contribution in [0.1, 0.15) is 46.6 Å². The SMILES string of the molecule is CC[C@H](NC(=O)/C(=C/c1ccco1)NC(=O)c1ccc(C)cc1)c1ccccc1. The Kier molecular flexibility index (Phi) is 6.63. The first kappa shape index (κ1) is 20.1. The first-order valence-corrected chi connectivity index (χ1v) is 9.56. The van der Waals surface area contributed by atoms with E-state index in [0.717, 1.165) is 17.5 Å². The van der Waals surface area contributed by atoms with Crippen molar-refractivity contribution in [1.82, 2.24) is 10.6 Å². The second-order valence-electron chi connectivity index (χ2n) is 6.74. The van der Waals surface area contributed by atoms with Gasteiger partial charge in [-0.15, -0.1) is 0 Å². The van der Waals surface area contributed by atoms with E-state index >= 15 is 0 Å². The quantitative estimate of drug-likeness (QED) is 0.580. The van der Waals surface area contributed by atoms with E-state index in [0.29, 0.717) is 11.3 Å². The van der Waals surface area contributed by atoms with E-state index in [-0.39, 0.29) is 23.6 Å². The molecule has 5 nitrogen and oxygen atoms in total. The molecule has 0 bridgehead atoms. The Bertz CT molecular complexity index is 975. The van der Waals surface area contributed by atoms with Gasteiger partial charge in [0, 0.05) is 11.6 Å². The molecule has 1 heterocycles. The molecule has 0 aliphatic carbocycles. The van der Waals surface area contributed by atoms with Gasteiger partial charge >= 0.3 is 0 Å². The second-order valence-corrected chi connectivity index (χ2v) is 6.74. The van der Waals surface area contributed by atoms with Crippen molar-refractivity contribution >= 4 is 17.9 Å². The van der Waals surface area contributed by atoms with Crippen molar-refractivity contribution in [1.29, 1.82) is 0 Å². The Morgan fingerprint density at radius 1 is 1.00 bits per heavy atom. The Morgan fingerprint density at radius 2 is 1.72 bits per heavy atom. The van der Waals surface area contributed by atoms with Gasteiger partial charge in [0.1, 0.15) is 11.5 Å². The minimum atomic E-state index is -0.377. The molecule has 0 radical (unpaired) electrons. The van der Waals surface area contributed by atoms with E-state index in [2.05, 4.69) is 10.6 Å². The third-order valence-electron chi connectivity index (χ3n) is 4.55. The molecule has 3 rings (SSSR count). The number of aryl methyl sites for hydroxylation is 1. The van der Waals surface area contributed by atoms with E-state index in [1.807, 2.05) is 56.3 Å². The fourth-order valence-corrected chi connectivity index (χ4v) is 2.92. The molecular weight excluding hydrogens is 364 g/mol. The van der Waals surface area contributed by atoms with Crippen LogP contribution in [0.15, 0.2) is 83.1 Å². The van der Waals surface area contributed by atoms with Crippen LogP contribution < -0.4 is 10.6 Å². The molecule has 3 aromatic rings. The monoisotopic (exact) mass is 388 g/mol. The van der Waals surface area contributed by atoms with Crippen LogP contribution in [-0.4, -0.2) is 11.8 Å². The molecular formula is C24H24N2O3. The molecule has 0 aliphatic heterocycles. The highest BCUT2D eigenvalue weighted by Crippen LogP contribution is 2.17. The predicted molar refractivity (Wildman–Crippen MR) is 113 cm³/mol. The van der Waals surface area contributed by atoms with E-state index in [1.54, 1.807) is 24.3 Å². The average Bonchev–Trinajstić information content (AvgIpc) is 3.25. The van der Waals surface area contributed by atoms with Crippen molar-refractivity contribution in [3.63, 3.8) is 0 Å². The molecule has 2 N–H and O–H groups in total. The number of furan rings is 1. The Hall–Kier alpha value is -3.60. The zero-order chi connectivity index (χ0) is 20.6. The number of amides is 2. The molecule has 0 fully saturated rings. The van der Waals surface area contributed by atoms with Crippen molar-refractivity contribution in [3.8, 4) is 0 Å². The molecule has 1 atom stereocenters. The topological polar surface area (TPSA) is 71.3 Å². The van der Waals surface area contributed by atoms with Crippen molar-refractivity contribution < 1.29 is 14.0 Å². The van der Waals surface area contributed by atoms with Crippen LogP contribution in [0.3, 0.4) is 0 Å². The predicted octanol–water partition coefficient (Wildman–Crippen LogP) is 4.63. The van der Waals surface area contributed by atoms with Crippen LogP contribution in [0, 0.1) is 6.92 Å². The summed E-state index contributed by atoms with van der Waals surface area (Å²) in [6.07, 6.45) is 3.76. The summed E-state index contributed by atoms with van der Waals surface area (Å²) in [5.74, 6) is -0.254. The second kappa shape index (κ2) is 9.55. The third kappa shape index (κ3) is 5.45. The van der Waals surface area contributed by atoms with Crippen LogP contribution in [0.4, 0.5) is 0 Å². The molecule has 1 aromatic heterocycles. The van der Waals surface area contributed by atoms with Gasteiger partial charge in [-0.3, -0.25) is 9.59 Å². The van der Waals surface area contributed by atoms with Crippen LogP contribution in [-0.2, 0) is 4.79 Å². The van der Waals surface area contributed by atoms with Gasteiger partial charge in [0.2, 0.25) is 0 Å². The molecule has 0 saturated heterocycles. The van der Waals surface area contributed by atoms with Gasteiger partial charge in [-0.05, 0) is 43.2 Å². The summed E-state index contributed by atoms with van der Waals surface area (Å²) in [6, 6.07) is 20.2. The number of hydrogen-bond donors (Lipinski definition) is 2. The molecule has 2 amide bonds. The first-order valence-electron chi connectivity index (χ1n) is 9.56. The van der Waals surface area contributed by atoms with Gasteiger partial charge < -0.3 is 15.1 Å². The zero-order valence-electron chi connectivity index (χ0n) is 16.5. The smallest absolute Gasteiger partial charge is 0.268 e. The number of benzene rings is 2. The number of hydrogen-bond acceptors (Lipinski definition) is 3. The minimum absolute atomic E-state index is 0.125. The maximum absolute atomic E-state index is 13.0. The highest BCUT2D eigenvalue weighted by molar-refractivity contribution is 6.05. The maximum Gasteiger partial charge on any atom is 0.268 e. The lowest BCUT2D eigenvalue weighted by Crippen LogP contribution is -2.36. The van der Waals surface area contributed by atoms with Crippen molar-refractivity contribution in [2.24, 2.45) is 0 Å². The summed E-state index contributed by atoms with van der Waals surface area (Å²) in [5, 5.41) is 5.72. The summed E-state index contributed by atoms with van der Waals surface area (Å²) < 4.78 is 5.33. The van der Waals surface area contributed by atoms with Crippen molar-refractivity contribution in [2.75, 3.05) is 0 Å². The van der Waals surface area contributed by atoms with Gasteiger partial charge in [-0.2, -0.15) is 0 Å². The van der Waals surface area contributed by atoms with E-state index in [1.165, 1.54) is 12.3 Å². The summed E-state index contributed by atoms with van der Waals surface area (Å²) in [7, 11) is 0. The first-order chi connectivity index (χ1) is 14.1. The van der Waals surface area contributed by atoms with Gasteiger partial charge in [0.25, 0.3) is 11.8 Å². The van der Waals surface area contributed by atoms with Gasteiger partial charge in [-0.1, -0.05) is 55.0 Å². The van der Waals surface area contributed by atoms with E-state index in [9.17, 15) is 9.59 Å². The number of carbonyl (C=O) groups excluding carboxylic acids is 2. The maximum atomic E-state index is 13.0. The molecule has 29 heavy (non-hydrogen) atoms. The lowest BCUT2D eigenvalue weighted by atomic mass is 10.0. The molecule has 0 unspecified atom stereocenters. The van der Waals surface area contributed by atoms with Crippen LogP contribution >= 0.6 is 0 Å². The Labute approximate surface area is 170 Å². The lowest BCUT2D eigenvalue weighted by molar-refractivity contribution is -0.118. The highest BCUT2D eigenvalue weighted by atomic mass is 16.3. The molecule has 148 valence electrons. The van der Waals surface area contributed by atoms with Crippen LogP contribution in [0.2, 0.25) is 0 Å². The van der Waals surface area contributed by atoms with Crippen molar-refractivity contribution in [3.05, 3.63) is 101 Å².